The fourth-order valence-electron chi connectivity index (χ4n) is 2.22. The van der Waals surface area contributed by atoms with Crippen molar-refractivity contribution in [3.63, 3.8) is 0 Å². The van der Waals surface area contributed by atoms with E-state index in [-0.39, 0.29) is 10.6 Å². The van der Waals surface area contributed by atoms with Crippen LogP contribution < -0.4 is 9.04 Å². The molecule has 0 bridgehead atoms. The van der Waals surface area contributed by atoms with Crippen LogP contribution in [-0.2, 0) is 14.8 Å². The summed E-state index contributed by atoms with van der Waals surface area (Å²) < 4.78 is 31.8. The molecule has 0 saturated heterocycles. The fraction of sp³-hybridized carbons (Fsp3) is 0.188. The Bertz CT molecular complexity index is 928. The van der Waals surface area contributed by atoms with Gasteiger partial charge in [0.1, 0.15) is 12.3 Å². The molecule has 0 saturated carbocycles. The maximum Gasteiger partial charge on any atom is 0.324 e. The number of anilines is 1. The number of carboxylic acid groups (broad SMARTS) is 1. The molecule has 0 atom stereocenters. The van der Waals surface area contributed by atoms with Gasteiger partial charge in [-0.25, -0.2) is 8.42 Å². The summed E-state index contributed by atoms with van der Waals surface area (Å²) in [5.74, 6) is -1.00. The zero-order valence-electron chi connectivity index (χ0n) is 13.7. The Hall–Kier alpha value is -3.14. The lowest BCUT2D eigenvalue weighted by Crippen LogP contribution is -2.35. The zero-order valence-corrected chi connectivity index (χ0v) is 14.5. The second-order valence-electron chi connectivity index (χ2n) is 5.09. The number of hydrogen-bond donors (Lipinski definition) is 1. The normalized spacial score (nSPS) is 11.0. The number of aliphatic carboxylic acids is 1. The van der Waals surface area contributed by atoms with Gasteiger partial charge < -0.3 is 9.84 Å². The molecule has 2 rings (SSSR count). The van der Waals surface area contributed by atoms with Crippen LogP contribution in [0.5, 0.6) is 5.75 Å². The molecule has 0 amide bonds. The number of carbonyl (C=O) groups is 1. The Labute approximate surface area is 149 Å². The van der Waals surface area contributed by atoms with E-state index < -0.39 is 33.1 Å². The first-order valence-electron chi connectivity index (χ1n) is 7.47. The Morgan fingerprint density at radius 2 is 1.92 bits per heavy atom. The Kier molecular flexibility index (Phi) is 5.78. The summed E-state index contributed by atoms with van der Waals surface area (Å²) in [6.07, 6.45) is 0. The van der Waals surface area contributed by atoms with Gasteiger partial charge >= 0.3 is 5.97 Å². The maximum atomic E-state index is 12.9. The molecule has 138 valence electrons. The molecule has 10 heteroatoms. The lowest BCUT2D eigenvalue weighted by atomic mass is 10.3. The third-order valence-electron chi connectivity index (χ3n) is 3.31. The van der Waals surface area contributed by atoms with Crippen molar-refractivity contribution in [2.45, 2.75) is 11.8 Å². The molecule has 0 unspecified atom stereocenters. The molecule has 0 spiro atoms. The monoisotopic (exact) mass is 380 g/mol. The molecule has 0 radical (unpaired) electrons. The summed E-state index contributed by atoms with van der Waals surface area (Å²) in [6, 6.07) is 10.4. The third-order valence-corrected chi connectivity index (χ3v) is 5.08. The van der Waals surface area contributed by atoms with E-state index in [0.717, 1.165) is 12.1 Å². The first-order chi connectivity index (χ1) is 12.3. The minimum Gasteiger partial charge on any atom is -0.494 e. The van der Waals surface area contributed by atoms with E-state index in [1.165, 1.54) is 30.3 Å². The van der Waals surface area contributed by atoms with Crippen molar-refractivity contribution in [2.24, 2.45) is 0 Å². The number of rotatable bonds is 8. The van der Waals surface area contributed by atoms with Crippen molar-refractivity contribution in [1.29, 1.82) is 0 Å². The van der Waals surface area contributed by atoms with Crippen LogP contribution in [0.4, 0.5) is 11.4 Å². The van der Waals surface area contributed by atoms with Gasteiger partial charge in [0.2, 0.25) is 0 Å². The van der Waals surface area contributed by atoms with Crippen LogP contribution in [0.2, 0.25) is 0 Å². The maximum absolute atomic E-state index is 12.9. The van der Waals surface area contributed by atoms with E-state index >= 15 is 0 Å². The second kappa shape index (κ2) is 7.83. The standard InChI is InChI=1S/C16H16N2O7S/c1-2-25-14-7-3-5-12(9-14)17(11-16(19)20)26(23,24)15-8-4-6-13(10-15)18(21)22/h3-10H,2,11H2,1H3,(H,19,20). The number of non-ortho nitro benzene ring substituents is 1. The van der Waals surface area contributed by atoms with Crippen molar-refractivity contribution in [2.75, 3.05) is 17.5 Å². The van der Waals surface area contributed by atoms with Gasteiger partial charge in [-0.2, -0.15) is 0 Å². The quantitative estimate of drug-likeness (QED) is 0.550. The molecule has 0 fully saturated rings. The molecule has 26 heavy (non-hydrogen) atoms. The van der Waals surface area contributed by atoms with E-state index in [0.29, 0.717) is 16.7 Å². The number of nitro groups is 1. The molecule has 0 aromatic heterocycles. The number of hydrogen-bond acceptors (Lipinski definition) is 6. The van der Waals surface area contributed by atoms with Crippen LogP contribution in [0.1, 0.15) is 6.92 Å². The van der Waals surface area contributed by atoms with Gasteiger partial charge in [-0.15, -0.1) is 0 Å². The minimum atomic E-state index is -4.34. The van der Waals surface area contributed by atoms with Crippen LogP contribution in [0, 0.1) is 10.1 Å². The predicted molar refractivity (Wildman–Crippen MR) is 92.9 cm³/mol. The molecule has 0 aliphatic rings. The van der Waals surface area contributed by atoms with E-state index in [4.69, 9.17) is 9.84 Å². The summed E-state index contributed by atoms with van der Waals surface area (Å²) in [4.78, 5) is 21.0. The van der Waals surface area contributed by atoms with Gasteiger partial charge in [0.25, 0.3) is 15.7 Å². The smallest absolute Gasteiger partial charge is 0.324 e. The van der Waals surface area contributed by atoms with Crippen LogP contribution >= 0.6 is 0 Å². The molecule has 0 aliphatic carbocycles. The Morgan fingerprint density at radius 1 is 1.23 bits per heavy atom. The van der Waals surface area contributed by atoms with Crippen LogP contribution in [0.25, 0.3) is 0 Å². The predicted octanol–water partition coefficient (Wildman–Crippen LogP) is 2.27. The van der Waals surface area contributed by atoms with Crippen molar-refractivity contribution in [1.82, 2.24) is 0 Å². The summed E-state index contributed by atoms with van der Waals surface area (Å²) in [7, 11) is -4.34. The second-order valence-corrected chi connectivity index (χ2v) is 6.95. The number of benzene rings is 2. The van der Waals surface area contributed by atoms with E-state index in [1.54, 1.807) is 13.0 Å². The number of nitro benzene ring substituents is 1. The molecule has 2 aromatic carbocycles. The number of sulfonamides is 1. The van der Waals surface area contributed by atoms with Crippen LogP contribution in [-0.4, -0.2) is 37.6 Å². The largest absolute Gasteiger partial charge is 0.494 e. The zero-order chi connectivity index (χ0) is 19.3. The SMILES string of the molecule is CCOc1cccc(N(CC(=O)O)S(=O)(=O)c2cccc([N+](=O)[O-])c2)c1. The third kappa shape index (κ3) is 4.28. The lowest BCUT2D eigenvalue weighted by molar-refractivity contribution is -0.385. The molecule has 1 N–H and O–H groups in total. The minimum absolute atomic E-state index is 0.0739. The van der Waals surface area contributed by atoms with E-state index in [9.17, 15) is 23.3 Å². The van der Waals surface area contributed by atoms with Crippen LogP contribution in [0.3, 0.4) is 0 Å². The highest BCUT2D eigenvalue weighted by Crippen LogP contribution is 2.28. The van der Waals surface area contributed by atoms with Gasteiger partial charge in [0.05, 0.1) is 22.1 Å². The fourth-order valence-corrected chi connectivity index (χ4v) is 3.66. The van der Waals surface area contributed by atoms with Crippen molar-refractivity contribution in [3.05, 3.63) is 58.6 Å². The Balaban J connectivity index is 2.55. The first kappa shape index (κ1) is 19.2. The average Bonchev–Trinajstić information content (AvgIpc) is 2.60. The highest BCUT2D eigenvalue weighted by Gasteiger charge is 2.28. The number of ether oxygens (including phenoxy) is 1. The van der Waals surface area contributed by atoms with Gasteiger partial charge in [-0.05, 0) is 25.1 Å². The van der Waals surface area contributed by atoms with Gasteiger partial charge in [-0.1, -0.05) is 12.1 Å². The van der Waals surface area contributed by atoms with Gasteiger partial charge in [-0.3, -0.25) is 19.2 Å². The van der Waals surface area contributed by atoms with Crippen molar-refractivity contribution >= 4 is 27.4 Å². The summed E-state index contributed by atoms with van der Waals surface area (Å²) in [5, 5.41) is 20.0. The van der Waals surface area contributed by atoms with Crippen LogP contribution in [0.15, 0.2) is 53.4 Å². The van der Waals surface area contributed by atoms with Gasteiger partial charge in [0.15, 0.2) is 0 Å². The van der Waals surface area contributed by atoms with E-state index in [1.807, 2.05) is 0 Å². The molecule has 0 heterocycles. The molecular formula is C16H16N2O7S. The summed E-state index contributed by atoms with van der Waals surface area (Å²) >= 11 is 0. The highest BCUT2D eigenvalue weighted by molar-refractivity contribution is 7.92. The van der Waals surface area contributed by atoms with Crippen molar-refractivity contribution in [3.8, 4) is 5.75 Å². The average molecular weight is 380 g/mol. The summed E-state index contributed by atoms with van der Waals surface area (Å²) in [6.45, 7) is 1.25. The molecule has 2 aromatic rings. The van der Waals surface area contributed by atoms with Crippen molar-refractivity contribution < 1.29 is 28.0 Å². The summed E-state index contributed by atoms with van der Waals surface area (Å²) in [5.41, 5.74) is -0.339. The highest BCUT2D eigenvalue weighted by atomic mass is 32.2. The molecule has 0 aliphatic heterocycles. The molecule has 9 nitrogen and oxygen atoms in total. The van der Waals surface area contributed by atoms with Gasteiger partial charge in [0, 0.05) is 18.2 Å². The molecular weight excluding hydrogens is 364 g/mol. The number of nitrogens with zero attached hydrogens (tertiary/aromatic N) is 2. The lowest BCUT2D eigenvalue weighted by Gasteiger charge is -2.23. The Morgan fingerprint density at radius 3 is 2.54 bits per heavy atom. The van der Waals surface area contributed by atoms with E-state index in [2.05, 4.69) is 0 Å². The first-order valence-corrected chi connectivity index (χ1v) is 8.91. The topological polar surface area (TPSA) is 127 Å². The number of carboxylic acids is 1.